The molecule has 0 saturated heterocycles. The first-order valence-electron chi connectivity index (χ1n) is 9.53. The van der Waals surface area contributed by atoms with Crippen molar-refractivity contribution in [1.29, 1.82) is 0 Å². The van der Waals surface area contributed by atoms with Gasteiger partial charge in [-0.05, 0) is 54.2 Å². The van der Waals surface area contributed by atoms with Crippen molar-refractivity contribution in [3.05, 3.63) is 59.2 Å². The monoisotopic (exact) mass is 383 g/mol. The summed E-state index contributed by atoms with van der Waals surface area (Å²) in [6.45, 7) is 10.1. The van der Waals surface area contributed by atoms with Gasteiger partial charge in [0.1, 0.15) is 5.75 Å². The third kappa shape index (κ3) is 5.12. The topological polar surface area (TPSA) is 64.6 Å². The second-order valence-corrected chi connectivity index (χ2v) is 7.38. The van der Waals surface area contributed by atoms with Crippen molar-refractivity contribution in [2.45, 2.75) is 52.6 Å². The van der Waals surface area contributed by atoms with Gasteiger partial charge in [0.2, 0.25) is 0 Å². The lowest BCUT2D eigenvalue weighted by Crippen LogP contribution is -2.24. The van der Waals surface area contributed by atoms with E-state index in [2.05, 4.69) is 49.9 Å². The molecule has 2 rings (SSSR count). The highest BCUT2D eigenvalue weighted by molar-refractivity contribution is 6.05. The van der Waals surface area contributed by atoms with Gasteiger partial charge in [0.15, 0.2) is 6.10 Å². The molecule has 5 heteroatoms. The van der Waals surface area contributed by atoms with Crippen molar-refractivity contribution in [2.24, 2.45) is 0 Å². The lowest BCUT2D eigenvalue weighted by molar-refractivity contribution is -0.147. The van der Waals surface area contributed by atoms with Crippen molar-refractivity contribution in [3.8, 4) is 5.75 Å². The molecular weight excluding hydrogens is 354 g/mol. The highest BCUT2D eigenvalue weighted by atomic mass is 16.6. The number of carbonyl (C=O) groups is 2. The third-order valence-electron chi connectivity index (χ3n) is 4.57. The summed E-state index contributed by atoms with van der Waals surface area (Å²) in [6.07, 6.45) is -0.712. The van der Waals surface area contributed by atoms with E-state index in [0.717, 1.165) is 16.8 Å². The maximum absolute atomic E-state index is 12.8. The smallest absolute Gasteiger partial charge is 0.346 e. The quantitative estimate of drug-likeness (QED) is 0.674. The summed E-state index contributed by atoms with van der Waals surface area (Å²) in [5.74, 6) is 0.463. The zero-order valence-corrected chi connectivity index (χ0v) is 17.4. The molecule has 0 unspecified atom stereocenters. The van der Waals surface area contributed by atoms with Gasteiger partial charge in [-0.2, -0.15) is 0 Å². The molecule has 0 aliphatic rings. The Morgan fingerprint density at radius 1 is 0.857 bits per heavy atom. The number of ether oxygens (including phenoxy) is 2. The van der Waals surface area contributed by atoms with Gasteiger partial charge in [-0.25, -0.2) is 4.79 Å². The van der Waals surface area contributed by atoms with Crippen LogP contribution < -0.4 is 10.1 Å². The molecule has 0 bridgehead atoms. The van der Waals surface area contributed by atoms with Gasteiger partial charge in [0.25, 0.3) is 5.91 Å². The Bertz CT molecular complexity index is 799. The summed E-state index contributed by atoms with van der Waals surface area (Å²) < 4.78 is 10.2. The molecule has 0 fully saturated rings. The van der Waals surface area contributed by atoms with Gasteiger partial charge < -0.3 is 14.8 Å². The van der Waals surface area contributed by atoms with Crippen molar-refractivity contribution in [3.63, 3.8) is 0 Å². The average molecular weight is 383 g/mol. The van der Waals surface area contributed by atoms with E-state index >= 15 is 0 Å². The molecule has 0 radical (unpaired) electrons. The molecule has 2 aromatic rings. The zero-order chi connectivity index (χ0) is 20.8. The van der Waals surface area contributed by atoms with Gasteiger partial charge in [0, 0.05) is 11.3 Å². The van der Waals surface area contributed by atoms with E-state index in [1.165, 1.54) is 7.11 Å². The summed E-state index contributed by atoms with van der Waals surface area (Å²) in [6, 6.07) is 12.9. The SMILES string of the molecule is COC(=O)[C@@H](C)Oc1ccc(C(=O)Nc2c(C(C)C)cccc2C(C)C)cc1. The molecule has 0 aliphatic heterocycles. The summed E-state index contributed by atoms with van der Waals surface area (Å²) in [4.78, 5) is 24.3. The normalized spacial score (nSPS) is 12.0. The number of hydrogen-bond acceptors (Lipinski definition) is 4. The second-order valence-electron chi connectivity index (χ2n) is 7.38. The molecule has 1 atom stereocenters. The van der Waals surface area contributed by atoms with Crippen molar-refractivity contribution in [1.82, 2.24) is 0 Å². The Hall–Kier alpha value is -2.82. The fraction of sp³-hybridized carbons (Fsp3) is 0.391. The van der Waals surface area contributed by atoms with Crippen molar-refractivity contribution in [2.75, 3.05) is 12.4 Å². The van der Waals surface area contributed by atoms with Crippen LogP contribution in [-0.4, -0.2) is 25.1 Å². The van der Waals surface area contributed by atoms with Crippen molar-refractivity contribution < 1.29 is 19.1 Å². The molecule has 0 aromatic heterocycles. The highest BCUT2D eigenvalue weighted by Gasteiger charge is 2.18. The highest BCUT2D eigenvalue weighted by Crippen LogP contribution is 2.32. The first kappa shape index (κ1) is 21.5. The van der Waals surface area contributed by atoms with E-state index in [1.807, 2.05) is 6.07 Å². The zero-order valence-electron chi connectivity index (χ0n) is 17.4. The fourth-order valence-electron chi connectivity index (χ4n) is 2.98. The van der Waals surface area contributed by atoms with Crippen LogP contribution in [0.25, 0.3) is 0 Å². The molecule has 150 valence electrons. The van der Waals surface area contributed by atoms with Crippen LogP contribution in [0.15, 0.2) is 42.5 Å². The van der Waals surface area contributed by atoms with Crippen LogP contribution in [0, 0.1) is 0 Å². The van der Waals surface area contributed by atoms with Crippen LogP contribution in [0.1, 0.15) is 67.9 Å². The predicted molar refractivity (Wildman–Crippen MR) is 111 cm³/mol. The molecule has 5 nitrogen and oxygen atoms in total. The molecular formula is C23H29NO4. The summed E-state index contributed by atoms with van der Waals surface area (Å²) >= 11 is 0. The van der Waals surface area contributed by atoms with Crippen LogP contribution in [0.2, 0.25) is 0 Å². The van der Waals surface area contributed by atoms with E-state index in [9.17, 15) is 9.59 Å². The van der Waals surface area contributed by atoms with E-state index in [4.69, 9.17) is 4.74 Å². The van der Waals surface area contributed by atoms with Gasteiger partial charge in [-0.15, -0.1) is 0 Å². The van der Waals surface area contributed by atoms with E-state index < -0.39 is 12.1 Å². The molecule has 0 heterocycles. The molecule has 1 N–H and O–H groups in total. The number of methoxy groups -OCH3 is 1. The van der Waals surface area contributed by atoms with E-state index in [0.29, 0.717) is 23.1 Å². The molecule has 28 heavy (non-hydrogen) atoms. The van der Waals surface area contributed by atoms with Crippen LogP contribution in [0.5, 0.6) is 5.75 Å². The number of hydrogen-bond donors (Lipinski definition) is 1. The number of rotatable bonds is 7. The van der Waals surface area contributed by atoms with Crippen LogP contribution in [0.4, 0.5) is 5.69 Å². The first-order valence-corrected chi connectivity index (χ1v) is 9.53. The Morgan fingerprint density at radius 3 is 1.86 bits per heavy atom. The Labute approximate surface area is 167 Å². The molecule has 1 amide bonds. The van der Waals surface area contributed by atoms with Crippen LogP contribution >= 0.6 is 0 Å². The minimum Gasteiger partial charge on any atom is -0.479 e. The minimum absolute atomic E-state index is 0.178. The Kier molecular flexibility index (Phi) is 7.21. The third-order valence-corrected chi connectivity index (χ3v) is 4.57. The second kappa shape index (κ2) is 9.40. The summed E-state index contributed by atoms with van der Waals surface area (Å²) in [5.41, 5.74) is 3.64. The Morgan fingerprint density at radius 2 is 1.39 bits per heavy atom. The Balaban J connectivity index is 2.21. The predicted octanol–water partition coefficient (Wildman–Crippen LogP) is 5.13. The molecule has 2 aromatic carbocycles. The van der Waals surface area contributed by atoms with Gasteiger partial charge in [-0.1, -0.05) is 45.9 Å². The number of amides is 1. The average Bonchev–Trinajstić information content (AvgIpc) is 2.67. The number of benzene rings is 2. The van der Waals surface area contributed by atoms with E-state index in [-0.39, 0.29) is 5.91 Å². The largest absolute Gasteiger partial charge is 0.479 e. The van der Waals surface area contributed by atoms with Gasteiger partial charge in [0.05, 0.1) is 7.11 Å². The van der Waals surface area contributed by atoms with Crippen molar-refractivity contribution >= 4 is 17.6 Å². The first-order chi connectivity index (χ1) is 13.2. The van der Waals surface area contributed by atoms with Crippen LogP contribution in [-0.2, 0) is 9.53 Å². The number of carbonyl (C=O) groups excluding carboxylic acids is 2. The van der Waals surface area contributed by atoms with Crippen LogP contribution in [0.3, 0.4) is 0 Å². The number of para-hydroxylation sites is 1. The fourth-order valence-corrected chi connectivity index (χ4v) is 2.98. The molecule has 0 saturated carbocycles. The maximum atomic E-state index is 12.8. The molecule has 0 aliphatic carbocycles. The summed E-state index contributed by atoms with van der Waals surface area (Å²) in [7, 11) is 1.32. The van der Waals surface area contributed by atoms with Gasteiger partial charge in [-0.3, -0.25) is 4.79 Å². The van der Waals surface area contributed by atoms with Gasteiger partial charge >= 0.3 is 5.97 Å². The maximum Gasteiger partial charge on any atom is 0.346 e. The number of anilines is 1. The minimum atomic E-state index is -0.712. The lowest BCUT2D eigenvalue weighted by Gasteiger charge is -2.20. The summed E-state index contributed by atoms with van der Waals surface area (Å²) in [5, 5.41) is 3.09. The number of esters is 1. The molecule has 0 spiro atoms. The number of nitrogens with one attached hydrogen (secondary N) is 1. The lowest BCUT2D eigenvalue weighted by atomic mass is 9.92. The standard InChI is InChI=1S/C23H29NO4/c1-14(2)19-8-7-9-20(15(3)4)21(19)24-22(25)17-10-12-18(13-11-17)28-16(5)23(26)27-6/h7-16H,1-6H3,(H,24,25)/t16-/m1/s1. The van der Waals surface area contributed by atoms with E-state index in [1.54, 1.807) is 31.2 Å².